The number of hydrogen-bond acceptors (Lipinski definition) is 5. The topological polar surface area (TPSA) is 65.0 Å². The van der Waals surface area contributed by atoms with E-state index < -0.39 is 32.6 Å². The molecule has 0 aliphatic carbocycles. The second kappa shape index (κ2) is 7.62. The minimum absolute atomic E-state index is 0.0177. The van der Waals surface area contributed by atoms with Crippen molar-refractivity contribution in [2.24, 2.45) is 0 Å². The van der Waals surface area contributed by atoms with Crippen LogP contribution in [0.4, 0.5) is 0 Å². The van der Waals surface area contributed by atoms with Gasteiger partial charge in [0.2, 0.25) is 0 Å². The molecule has 1 aliphatic heterocycles. The quantitative estimate of drug-likeness (QED) is 0.639. The molecule has 0 aromatic heterocycles. The molecule has 1 saturated heterocycles. The molecule has 1 heterocycles. The van der Waals surface area contributed by atoms with Gasteiger partial charge < -0.3 is 19.0 Å². The lowest BCUT2D eigenvalue weighted by atomic mass is 9.93. The predicted octanol–water partition coefficient (Wildman–Crippen LogP) is 1.95. The van der Waals surface area contributed by atoms with Crippen LogP contribution in [-0.4, -0.2) is 58.2 Å². The molecule has 1 unspecified atom stereocenters. The van der Waals surface area contributed by atoms with Gasteiger partial charge in [0.15, 0.2) is 8.32 Å². The summed E-state index contributed by atoms with van der Waals surface area (Å²) in [5.74, 6) is -0.399. The third-order valence-electron chi connectivity index (χ3n) is 5.20. The van der Waals surface area contributed by atoms with Crippen LogP contribution in [0.15, 0.2) is 30.3 Å². The van der Waals surface area contributed by atoms with E-state index in [0.29, 0.717) is 5.56 Å². The van der Waals surface area contributed by atoms with Crippen molar-refractivity contribution in [3.63, 3.8) is 0 Å². The van der Waals surface area contributed by atoms with Crippen LogP contribution in [-0.2, 0) is 13.9 Å². The Balaban J connectivity index is 2.04. The number of hydrogen-bond donors (Lipinski definition) is 1. The second-order valence-electron chi connectivity index (χ2n) is 8.18. The Kier molecular flexibility index (Phi) is 6.14. The highest BCUT2D eigenvalue weighted by Gasteiger charge is 2.48. The highest BCUT2D eigenvalue weighted by atomic mass is 28.4. The van der Waals surface area contributed by atoms with Crippen molar-refractivity contribution in [1.82, 2.24) is 0 Å². The molecular formula is C18H29BO5Si. The molecule has 1 aliphatic rings. The van der Waals surface area contributed by atoms with Crippen LogP contribution in [0.25, 0.3) is 0 Å². The first-order valence-electron chi connectivity index (χ1n) is 8.76. The Morgan fingerprint density at radius 2 is 1.88 bits per heavy atom. The van der Waals surface area contributed by atoms with Gasteiger partial charge in [0.1, 0.15) is 26.7 Å². The van der Waals surface area contributed by atoms with E-state index in [1.165, 1.54) is 0 Å². The lowest BCUT2D eigenvalue weighted by molar-refractivity contribution is -0.0192. The van der Waals surface area contributed by atoms with Gasteiger partial charge in [-0.05, 0) is 30.3 Å². The largest absolute Gasteiger partial charge is 0.459 e. The molecule has 4 atom stereocenters. The Morgan fingerprint density at radius 1 is 1.28 bits per heavy atom. The molecule has 0 amide bonds. The van der Waals surface area contributed by atoms with E-state index in [2.05, 4.69) is 33.9 Å². The van der Waals surface area contributed by atoms with Gasteiger partial charge in [0.05, 0.1) is 17.7 Å². The van der Waals surface area contributed by atoms with Gasteiger partial charge in [-0.2, -0.15) is 0 Å². The number of rotatable bonds is 5. The van der Waals surface area contributed by atoms with E-state index in [1.807, 2.05) is 13.9 Å². The minimum Gasteiger partial charge on any atom is -0.459 e. The highest BCUT2D eigenvalue weighted by Crippen LogP contribution is 2.39. The van der Waals surface area contributed by atoms with E-state index in [1.54, 1.807) is 24.3 Å². The first-order chi connectivity index (χ1) is 11.5. The van der Waals surface area contributed by atoms with Gasteiger partial charge in [0, 0.05) is 0 Å². The first kappa shape index (κ1) is 20.2. The van der Waals surface area contributed by atoms with Crippen molar-refractivity contribution in [3.05, 3.63) is 35.9 Å². The Bertz CT molecular complexity index is 587. The Hall–Kier alpha value is -1.15. The molecule has 0 spiro atoms. The summed E-state index contributed by atoms with van der Waals surface area (Å²) in [6.07, 6.45) is -1.68. The van der Waals surface area contributed by atoms with Gasteiger partial charge in [-0.1, -0.05) is 39.0 Å². The maximum Gasteiger partial charge on any atom is 0.338 e. The summed E-state index contributed by atoms with van der Waals surface area (Å²) in [5.41, 5.74) is 0.496. The average molecular weight is 364 g/mol. The first-order valence-corrected chi connectivity index (χ1v) is 11.7. The van der Waals surface area contributed by atoms with Crippen molar-refractivity contribution in [2.45, 2.75) is 63.2 Å². The Morgan fingerprint density at radius 3 is 2.44 bits per heavy atom. The van der Waals surface area contributed by atoms with Crippen molar-refractivity contribution >= 4 is 22.1 Å². The maximum atomic E-state index is 12.1. The number of esters is 1. The molecule has 0 radical (unpaired) electrons. The van der Waals surface area contributed by atoms with Gasteiger partial charge >= 0.3 is 5.97 Å². The van der Waals surface area contributed by atoms with E-state index >= 15 is 0 Å². The minimum atomic E-state index is -2.08. The summed E-state index contributed by atoms with van der Waals surface area (Å²) in [7, 11) is -0.273. The normalized spacial score (nSPS) is 27.3. The lowest BCUT2D eigenvalue weighted by Gasteiger charge is -2.40. The van der Waals surface area contributed by atoms with Gasteiger partial charge in [0.25, 0.3) is 0 Å². The zero-order chi connectivity index (χ0) is 18.8. The summed E-state index contributed by atoms with van der Waals surface area (Å²) < 4.78 is 17.6. The Labute approximate surface area is 152 Å². The zero-order valence-electron chi connectivity index (χ0n) is 16.0. The molecular weight excluding hydrogens is 335 g/mol. The van der Waals surface area contributed by atoms with Crippen LogP contribution in [0, 0.1) is 0 Å². The standard InChI is InChI=1S/C18H29BO5Si/c1-18(2,3)25(4,5)24-15-13(23-16(19)14(15)20)11-22-17(21)12-9-7-6-8-10-12/h6-10,13-16,20H,11,19H2,1-5H3/t13-,14+,15?,16-/m1/s1. The van der Waals surface area contributed by atoms with Crippen molar-refractivity contribution in [3.8, 4) is 0 Å². The fourth-order valence-corrected chi connectivity index (χ4v) is 3.86. The van der Waals surface area contributed by atoms with Crippen molar-refractivity contribution in [2.75, 3.05) is 6.61 Å². The molecule has 1 aromatic rings. The maximum absolute atomic E-state index is 12.1. The van der Waals surface area contributed by atoms with E-state index in [0.717, 1.165) is 0 Å². The number of benzene rings is 1. The summed E-state index contributed by atoms with van der Waals surface area (Å²) >= 11 is 0. The van der Waals surface area contributed by atoms with Gasteiger partial charge in [-0.3, -0.25) is 0 Å². The molecule has 1 aromatic carbocycles. The number of carbonyl (C=O) groups is 1. The number of carbonyl (C=O) groups excluding carboxylic acids is 1. The molecule has 0 bridgehead atoms. The third kappa shape index (κ3) is 4.73. The molecule has 25 heavy (non-hydrogen) atoms. The molecule has 1 N–H and O–H groups in total. The van der Waals surface area contributed by atoms with Crippen LogP contribution in [0.2, 0.25) is 18.1 Å². The summed E-state index contributed by atoms with van der Waals surface area (Å²) in [6.45, 7) is 10.8. The molecule has 1 fully saturated rings. The summed E-state index contributed by atoms with van der Waals surface area (Å²) in [5, 5.41) is 10.5. The third-order valence-corrected chi connectivity index (χ3v) is 9.67. The molecule has 7 heteroatoms. The van der Waals surface area contributed by atoms with Crippen LogP contribution in [0.3, 0.4) is 0 Å². The molecule has 2 rings (SSSR count). The SMILES string of the molecule is B[C@@H]1O[C@H](COC(=O)c2ccccc2)C(O[Si](C)(C)C(C)(C)C)[C@@H]1O. The fraction of sp³-hybridized carbons (Fsp3) is 0.611. The number of ether oxygens (including phenoxy) is 2. The number of aliphatic hydroxyl groups is 1. The van der Waals surface area contributed by atoms with Gasteiger partial charge in [-0.25, -0.2) is 4.79 Å². The van der Waals surface area contributed by atoms with E-state index in [9.17, 15) is 9.90 Å². The summed E-state index contributed by atoms with van der Waals surface area (Å²) in [4.78, 5) is 12.1. The monoisotopic (exact) mass is 364 g/mol. The van der Waals surface area contributed by atoms with Crippen molar-refractivity contribution in [1.29, 1.82) is 0 Å². The average Bonchev–Trinajstić information content (AvgIpc) is 2.80. The smallest absolute Gasteiger partial charge is 0.338 e. The van der Waals surface area contributed by atoms with Crippen molar-refractivity contribution < 1.29 is 23.8 Å². The van der Waals surface area contributed by atoms with Crippen LogP contribution < -0.4 is 0 Å². The molecule has 5 nitrogen and oxygen atoms in total. The second-order valence-corrected chi connectivity index (χ2v) is 12.9. The zero-order valence-corrected chi connectivity index (χ0v) is 17.0. The molecule has 138 valence electrons. The van der Waals surface area contributed by atoms with E-state index in [-0.39, 0.29) is 17.6 Å². The van der Waals surface area contributed by atoms with Crippen LogP contribution in [0.5, 0.6) is 0 Å². The van der Waals surface area contributed by atoms with Crippen LogP contribution >= 0.6 is 0 Å². The fourth-order valence-electron chi connectivity index (χ4n) is 2.53. The molecule has 0 saturated carbocycles. The van der Waals surface area contributed by atoms with Crippen LogP contribution in [0.1, 0.15) is 31.1 Å². The van der Waals surface area contributed by atoms with Gasteiger partial charge in [-0.15, -0.1) is 0 Å². The summed E-state index contributed by atoms with van der Waals surface area (Å²) in [6, 6.07) is 8.49. The predicted molar refractivity (Wildman–Crippen MR) is 102 cm³/mol. The lowest BCUT2D eigenvalue weighted by Crippen LogP contribution is -2.50. The highest BCUT2D eigenvalue weighted by molar-refractivity contribution is 6.74. The van der Waals surface area contributed by atoms with E-state index in [4.69, 9.17) is 13.9 Å². The number of aliphatic hydroxyl groups excluding tert-OH is 1.